The SMILES string of the molecule is O=C/N=N/c1[c]cccc1. The minimum absolute atomic E-state index is 0.390. The first-order valence-electron chi connectivity index (χ1n) is 2.74. The summed E-state index contributed by atoms with van der Waals surface area (Å²) in [5, 5.41) is 6.68. The lowest BCUT2D eigenvalue weighted by atomic mass is 10.3. The first-order valence-corrected chi connectivity index (χ1v) is 2.74. The van der Waals surface area contributed by atoms with Gasteiger partial charge in [-0.25, -0.2) is 0 Å². The number of carbonyl (C=O) groups excluding carboxylic acids is 1. The van der Waals surface area contributed by atoms with Gasteiger partial charge in [0.05, 0.1) is 5.69 Å². The monoisotopic (exact) mass is 133 g/mol. The molecule has 0 bridgehead atoms. The average Bonchev–Trinajstić information content (AvgIpc) is 2.03. The molecule has 1 aromatic carbocycles. The predicted molar refractivity (Wildman–Crippen MR) is 35.9 cm³/mol. The van der Waals surface area contributed by atoms with Crippen LogP contribution in [0.15, 0.2) is 34.5 Å². The maximum atomic E-state index is 9.70. The highest BCUT2D eigenvalue weighted by atomic mass is 16.1. The summed E-state index contributed by atoms with van der Waals surface area (Å²) < 4.78 is 0. The van der Waals surface area contributed by atoms with E-state index in [1.54, 1.807) is 18.2 Å². The molecule has 1 rings (SSSR count). The third-order valence-electron chi connectivity index (χ3n) is 0.905. The molecule has 1 aromatic rings. The van der Waals surface area contributed by atoms with Gasteiger partial charge in [-0.1, -0.05) is 18.2 Å². The molecule has 0 fully saturated rings. The Balaban J connectivity index is 2.76. The van der Waals surface area contributed by atoms with Crippen molar-refractivity contribution in [2.45, 2.75) is 0 Å². The zero-order valence-corrected chi connectivity index (χ0v) is 5.19. The minimum atomic E-state index is 0.390. The molecule has 0 atom stereocenters. The molecule has 3 heteroatoms. The lowest BCUT2D eigenvalue weighted by molar-refractivity contribution is -0.107. The van der Waals surface area contributed by atoms with Crippen LogP contribution < -0.4 is 0 Å². The Hall–Kier alpha value is -1.51. The molecule has 0 spiro atoms. The highest BCUT2D eigenvalue weighted by Crippen LogP contribution is 2.07. The molecule has 0 aliphatic rings. The number of amides is 1. The van der Waals surface area contributed by atoms with E-state index in [2.05, 4.69) is 16.3 Å². The number of hydrogen-bond donors (Lipinski definition) is 0. The van der Waals surface area contributed by atoms with Gasteiger partial charge in [0.1, 0.15) is 0 Å². The second-order valence-electron chi connectivity index (χ2n) is 1.57. The van der Waals surface area contributed by atoms with Crippen LogP contribution in [-0.2, 0) is 4.79 Å². The maximum absolute atomic E-state index is 9.70. The van der Waals surface area contributed by atoms with Crippen LogP contribution in [0.4, 0.5) is 5.69 Å². The molecule has 0 aromatic heterocycles. The molecule has 3 nitrogen and oxygen atoms in total. The van der Waals surface area contributed by atoms with E-state index in [-0.39, 0.29) is 0 Å². The fourth-order valence-corrected chi connectivity index (χ4v) is 0.532. The van der Waals surface area contributed by atoms with E-state index in [0.29, 0.717) is 12.1 Å². The summed E-state index contributed by atoms with van der Waals surface area (Å²) >= 11 is 0. The lowest BCUT2D eigenvalue weighted by Gasteiger charge is -1.83. The summed E-state index contributed by atoms with van der Waals surface area (Å²) in [6, 6.07) is 9.83. The van der Waals surface area contributed by atoms with Crippen molar-refractivity contribution in [3.8, 4) is 0 Å². The highest BCUT2D eigenvalue weighted by Gasteiger charge is 1.82. The second-order valence-corrected chi connectivity index (χ2v) is 1.57. The zero-order chi connectivity index (χ0) is 7.23. The van der Waals surface area contributed by atoms with Crippen molar-refractivity contribution in [1.29, 1.82) is 0 Å². The fraction of sp³-hybridized carbons (Fsp3) is 0. The van der Waals surface area contributed by atoms with Gasteiger partial charge in [-0.2, -0.15) is 0 Å². The Morgan fingerprint density at radius 2 is 2.40 bits per heavy atom. The van der Waals surface area contributed by atoms with Crippen molar-refractivity contribution in [1.82, 2.24) is 0 Å². The number of rotatable bonds is 2. The minimum Gasteiger partial charge on any atom is -0.275 e. The summed E-state index contributed by atoms with van der Waals surface area (Å²) in [6.07, 6.45) is 0.390. The van der Waals surface area contributed by atoms with Crippen molar-refractivity contribution >= 4 is 12.1 Å². The Morgan fingerprint density at radius 3 is 3.00 bits per heavy atom. The van der Waals surface area contributed by atoms with Gasteiger partial charge < -0.3 is 0 Å². The van der Waals surface area contributed by atoms with Crippen molar-refractivity contribution in [2.75, 3.05) is 0 Å². The molecule has 0 heterocycles. The Kier molecular flexibility index (Phi) is 2.31. The van der Waals surface area contributed by atoms with Crippen LogP contribution in [0.1, 0.15) is 0 Å². The van der Waals surface area contributed by atoms with E-state index in [1.807, 2.05) is 6.07 Å². The van der Waals surface area contributed by atoms with Gasteiger partial charge in [0.2, 0.25) is 0 Å². The summed E-state index contributed by atoms with van der Waals surface area (Å²) in [5.74, 6) is 0. The predicted octanol–water partition coefficient (Wildman–Crippen LogP) is 1.73. The van der Waals surface area contributed by atoms with Gasteiger partial charge in [0.25, 0.3) is 6.41 Å². The molecule has 1 amide bonds. The maximum Gasteiger partial charge on any atom is 0.252 e. The van der Waals surface area contributed by atoms with Crippen LogP contribution in [0.25, 0.3) is 0 Å². The zero-order valence-electron chi connectivity index (χ0n) is 5.19. The Morgan fingerprint density at radius 1 is 1.50 bits per heavy atom. The number of benzene rings is 1. The van der Waals surface area contributed by atoms with Crippen LogP contribution in [0.2, 0.25) is 0 Å². The van der Waals surface area contributed by atoms with Gasteiger partial charge in [-0.15, -0.1) is 10.2 Å². The van der Waals surface area contributed by atoms with E-state index in [9.17, 15) is 4.79 Å². The first kappa shape index (κ1) is 6.61. The molecule has 0 aliphatic heterocycles. The van der Waals surface area contributed by atoms with Crippen LogP contribution in [0, 0.1) is 6.07 Å². The fourth-order valence-electron chi connectivity index (χ4n) is 0.532. The van der Waals surface area contributed by atoms with Crippen molar-refractivity contribution in [3.05, 3.63) is 30.3 Å². The molecule has 0 unspecified atom stereocenters. The topological polar surface area (TPSA) is 41.8 Å². The molecule has 49 valence electrons. The number of carbonyl (C=O) groups is 1. The van der Waals surface area contributed by atoms with Crippen molar-refractivity contribution < 1.29 is 4.79 Å². The van der Waals surface area contributed by atoms with E-state index >= 15 is 0 Å². The normalized spacial score (nSPS) is 10.0. The standard InChI is InChI=1S/C7H5N2O/c10-6-8-9-7-4-2-1-3-5-7/h1-4,6H/b9-8+. The van der Waals surface area contributed by atoms with Crippen LogP contribution >= 0.6 is 0 Å². The number of azo groups is 1. The smallest absolute Gasteiger partial charge is 0.252 e. The molecule has 0 N–H and O–H groups in total. The van der Waals surface area contributed by atoms with Gasteiger partial charge >= 0.3 is 0 Å². The van der Waals surface area contributed by atoms with Gasteiger partial charge in [-0.3, -0.25) is 4.79 Å². The van der Waals surface area contributed by atoms with Crippen LogP contribution in [0.3, 0.4) is 0 Å². The second kappa shape index (κ2) is 3.50. The average molecular weight is 133 g/mol. The lowest BCUT2D eigenvalue weighted by Crippen LogP contribution is -1.62. The molecular formula is C7H5N2O. The third kappa shape index (κ3) is 1.78. The number of nitrogens with zero attached hydrogens (tertiary/aromatic N) is 2. The van der Waals surface area contributed by atoms with Crippen LogP contribution in [-0.4, -0.2) is 6.41 Å². The van der Waals surface area contributed by atoms with Crippen molar-refractivity contribution in [3.63, 3.8) is 0 Å². The molecule has 0 saturated heterocycles. The Bertz CT molecular complexity index is 231. The number of hydrogen-bond acceptors (Lipinski definition) is 2. The quantitative estimate of drug-likeness (QED) is 0.447. The highest BCUT2D eigenvalue weighted by molar-refractivity contribution is 5.47. The molecule has 0 aliphatic carbocycles. The van der Waals surface area contributed by atoms with E-state index < -0.39 is 0 Å². The summed E-state index contributed by atoms with van der Waals surface area (Å²) in [5.41, 5.74) is 0.564. The van der Waals surface area contributed by atoms with E-state index in [1.165, 1.54) is 0 Å². The largest absolute Gasteiger partial charge is 0.275 e. The van der Waals surface area contributed by atoms with Crippen molar-refractivity contribution in [2.24, 2.45) is 10.2 Å². The van der Waals surface area contributed by atoms with Gasteiger partial charge in [-0.05, 0) is 6.07 Å². The van der Waals surface area contributed by atoms with E-state index in [4.69, 9.17) is 0 Å². The first-order chi connectivity index (χ1) is 4.93. The van der Waals surface area contributed by atoms with Crippen LogP contribution in [0.5, 0.6) is 0 Å². The van der Waals surface area contributed by atoms with Gasteiger partial charge in [0.15, 0.2) is 0 Å². The molecular weight excluding hydrogens is 128 g/mol. The summed E-state index contributed by atoms with van der Waals surface area (Å²) in [7, 11) is 0. The Labute approximate surface area is 58.4 Å². The van der Waals surface area contributed by atoms with Gasteiger partial charge in [0, 0.05) is 6.07 Å². The molecule has 0 saturated carbocycles. The van der Waals surface area contributed by atoms with E-state index in [0.717, 1.165) is 0 Å². The molecule has 1 radical (unpaired) electrons. The third-order valence-corrected chi connectivity index (χ3v) is 0.905. The summed E-state index contributed by atoms with van der Waals surface area (Å²) in [4.78, 5) is 9.70. The summed E-state index contributed by atoms with van der Waals surface area (Å²) in [6.45, 7) is 0. The molecule has 10 heavy (non-hydrogen) atoms.